The van der Waals surface area contributed by atoms with E-state index in [9.17, 15) is 14.9 Å². The van der Waals surface area contributed by atoms with Gasteiger partial charge in [-0.15, -0.1) is 5.10 Å². The summed E-state index contributed by atoms with van der Waals surface area (Å²) in [7, 11) is 1.25. The summed E-state index contributed by atoms with van der Waals surface area (Å²) in [5, 5.41) is 14.4. The van der Waals surface area contributed by atoms with Gasteiger partial charge in [-0.05, 0) is 12.1 Å². The maximum Gasteiger partial charge on any atom is 0.377 e. The first kappa shape index (κ1) is 14.4. The molecular weight excluding hydrogens is 280 g/mol. The van der Waals surface area contributed by atoms with Crippen LogP contribution in [0.5, 0.6) is 5.75 Å². The zero-order valence-corrected chi connectivity index (χ0v) is 11.1. The van der Waals surface area contributed by atoms with Gasteiger partial charge in [0.05, 0.1) is 18.6 Å². The van der Waals surface area contributed by atoms with Gasteiger partial charge in [0.15, 0.2) is 0 Å². The van der Waals surface area contributed by atoms with Crippen molar-refractivity contribution in [1.82, 2.24) is 14.8 Å². The van der Waals surface area contributed by atoms with E-state index < -0.39 is 10.9 Å². The number of benzene rings is 1. The summed E-state index contributed by atoms with van der Waals surface area (Å²) in [5.74, 6) is -0.119. The summed E-state index contributed by atoms with van der Waals surface area (Å²) < 4.78 is 11.3. The van der Waals surface area contributed by atoms with Crippen molar-refractivity contribution in [2.45, 2.75) is 6.54 Å². The van der Waals surface area contributed by atoms with Gasteiger partial charge in [0.1, 0.15) is 18.7 Å². The van der Waals surface area contributed by atoms with Gasteiger partial charge in [0, 0.05) is 12.1 Å². The third kappa shape index (κ3) is 3.75. The van der Waals surface area contributed by atoms with E-state index in [1.165, 1.54) is 42.4 Å². The fraction of sp³-hybridized carbons (Fsp3) is 0.250. The second-order valence-electron chi connectivity index (χ2n) is 3.92. The number of non-ortho nitro benzene ring substituents is 1. The molecule has 21 heavy (non-hydrogen) atoms. The number of nitro benzene ring substituents is 1. The lowest BCUT2D eigenvalue weighted by Gasteiger charge is -2.05. The van der Waals surface area contributed by atoms with Crippen molar-refractivity contribution in [3.05, 3.63) is 46.5 Å². The van der Waals surface area contributed by atoms with Crippen molar-refractivity contribution >= 4 is 11.7 Å². The molecule has 0 aliphatic rings. The Bertz CT molecular complexity index is 637. The van der Waals surface area contributed by atoms with E-state index in [1.807, 2.05) is 0 Å². The van der Waals surface area contributed by atoms with E-state index in [0.717, 1.165) is 0 Å². The van der Waals surface area contributed by atoms with E-state index in [4.69, 9.17) is 4.74 Å². The molecule has 0 fully saturated rings. The van der Waals surface area contributed by atoms with Crippen LogP contribution in [0.4, 0.5) is 5.69 Å². The average Bonchev–Trinajstić information content (AvgIpc) is 2.96. The molecule has 1 heterocycles. The third-order valence-corrected chi connectivity index (χ3v) is 2.54. The monoisotopic (exact) mass is 292 g/mol. The van der Waals surface area contributed by atoms with Crippen LogP contribution in [-0.2, 0) is 11.3 Å². The first-order chi connectivity index (χ1) is 10.1. The lowest BCUT2D eigenvalue weighted by atomic mass is 10.3. The fourth-order valence-electron chi connectivity index (χ4n) is 1.51. The summed E-state index contributed by atoms with van der Waals surface area (Å²) in [6.45, 7) is 0.656. The maximum absolute atomic E-state index is 11.2. The first-order valence-corrected chi connectivity index (χ1v) is 5.95. The molecule has 0 spiro atoms. The van der Waals surface area contributed by atoms with Crippen molar-refractivity contribution in [1.29, 1.82) is 0 Å². The third-order valence-electron chi connectivity index (χ3n) is 2.54. The van der Waals surface area contributed by atoms with Crippen LogP contribution in [-0.4, -0.2) is 39.4 Å². The number of nitrogens with zero attached hydrogens (tertiary/aromatic N) is 4. The van der Waals surface area contributed by atoms with E-state index in [-0.39, 0.29) is 18.1 Å². The highest BCUT2D eigenvalue weighted by Gasteiger charge is 2.11. The van der Waals surface area contributed by atoms with Crippen molar-refractivity contribution in [3.8, 4) is 5.75 Å². The predicted octanol–water partition coefficient (Wildman–Crippen LogP) is 1.05. The molecule has 110 valence electrons. The van der Waals surface area contributed by atoms with Gasteiger partial charge in [0.2, 0.25) is 0 Å². The molecule has 2 rings (SSSR count). The lowest BCUT2D eigenvalue weighted by molar-refractivity contribution is -0.384. The Balaban J connectivity index is 1.85. The van der Waals surface area contributed by atoms with Gasteiger partial charge >= 0.3 is 5.97 Å². The average molecular weight is 292 g/mol. The number of esters is 1. The Morgan fingerprint density at radius 3 is 2.71 bits per heavy atom. The molecule has 9 heteroatoms. The molecule has 1 aromatic carbocycles. The van der Waals surface area contributed by atoms with Crippen LogP contribution in [0.2, 0.25) is 0 Å². The molecular formula is C12H12N4O5. The van der Waals surface area contributed by atoms with Gasteiger partial charge in [-0.1, -0.05) is 0 Å². The first-order valence-electron chi connectivity index (χ1n) is 5.95. The minimum atomic E-state index is -0.606. The summed E-state index contributed by atoms with van der Waals surface area (Å²) in [5.41, 5.74) is 0.00125. The standard InChI is InChI=1S/C12H12N4O5/c1-20-12(17)11-13-8-15(14-11)6-7-21-10-4-2-9(3-5-10)16(18)19/h2-5,8H,6-7H2,1H3. The Labute approximate surface area is 119 Å². The number of carbonyl (C=O) groups is 1. The predicted molar refractivity (Wildman–Crippen MR) is 70.0 cm³/mol. The van der Waals surface area contributed by atoms with Crippen molar-refractivity contribution in [2.75, 3.05) is 13.7 Å². The summed E-state index contributed by atoms with van der Waals surface area (Å²) in [6, 6.07) is 5.75. The molecule has 0 aliphatic heterocycles. The van der Waals surface area contributed by atoms with E-state index in [0.29, 0.717) is 12.3 Å². The number of rotatable bonds is 6. The van der Waals surface area contributed by atoms with Gasteiger partial charge in [-0.2, -0.15) is 0 Å². The molecule has 0 N–H and O–H groups in total. The molecule has 0 unspecified atom stereocenters. The summed E-state index contributed by atoms with van der Waals surface area (Å²) in [4.78, 5) is 25.0. The van der Waals surface area contributed by atoms with E-state index >= 15 is 0 Å². The quantitative estimate of drug-likeness (QED) is 0.444. The smallest absolute Gasteiger partial charge is 0.377 e. The fourth-order valence-corrected chi connectivity index (χ4v) is 1.51. The Morgan fingerprint density at radius 2 is 2.10 bits per heavy atom. The van der Waals surface area contributed by atoms with Gasteiger partial charge < -0.3 is 9.47 Å². The number of hydrogen-bond donors (Lipinski definition) is 0. The van der Waals surface area contributed by atoms with Gasteiger partial charge in [-0.3, -0.25) is 10.1 Å². The Kier molecular flexibility index (Phi) is 4.44. The van der Waals surface area contributed by atoms with Crippen LogP contribution in [0.3, 0.4) is 0 Å². The van der Waals surface area contributed by atoms with Crippen molar-refractivity contribution in [2.24, 2.45) is 0 Å². The lowest BCUT2D eigenvalue weighted by Crippen LogP contribution is -2.10. The molecule has 0 bridgehead atoms. The maximum atomic E-state index is 11.2. The second-order valence-corrected chi connectivity index (χ2v) is 3.92. The van der Waals surface area contributed by atoms with Crippen LogP contribution in [0.25, 0.3) is 0 Å². The zero-order valence-electron chi connectivity index (χ0n) is 11.1. The molecule has 1 aromatic heterocycles. The number of ether oxygens (including phenoxy) is 2. The normalized spacial score (nSPS) is 10.1. The molecule has 9 nitrogen and oxygen atoms in total. The summed E-state index contributed by atoms with van der Waals surface area (Å²) in [6.07, 6.45) is 1.39. The zero-order chi connectivity index (χ0) is 15.2. The molecule has 0 radical (unpaired) electrons. The molecule has 2 aromatic rings. The van der Waals surface area contributed by atoms with Crippen molar-refractivity contribution < 1.29 is 19.2 Å². The van der Waals surface area contributed by atoms with E-state index in [1.54, 1.807) is 0 Å². The molecule has 0 saturated carbocycles. The SMILES string of the molecule is COC(=O)c1ncn(CCOc2ccc([N+](=O)[O-])cc2)n1. The van der Waals surface area contributed by atoms with Crippen molar-refractivity contribution in [3.63, 3.8) is 0 Å². The molecule has 0 amide bonds. The highest BCUT2D eigenvalue weighted by Crippen LogP contribution is 2.17. The molecule has 0 aliphatic carbocycles. The number of carbonyl (C=O) groups excluding carboxylic acids is 1. The highest BCUT2D eigenvalue weighted by atomic mass is 16.6. The minimum Gasteiger partial charge on any atom is -0.492 e. The molecule has 0 saturated heterocycles. The van der Waals surface area contributed by atoms with E-state index in [2.05, 4.69) is 14.8 Å². The Hall–Kier alpha value is -2.97. The van der Waals surface area contributed by atoms with Gasteiger partial charge in [-0.25, -0.2) is 14.5 Å². The van der Waals surface area contributed by atoms with Crippen LogP contribution in [0.15, 0.2) is 30.6 Å². The van der Waals surface area contributed by atoms with Crippen LogP contribution in [0, 0.1) is 10.1 Å². The van der Waals surface area contributed by atoms with Gasteiger partial charge in [0.25, 0.3) is 11.5 Å². The minimum absolute atomic E-state index is 0.00125. The number of hydrogen-bond acceptors (Lipinski definition) is 7. The number of nitro groups is 1. The van der Waals surface area contributed by atoms with Crippen LogP contribution >= 0.6 is 0 Å². The Morgan fingerprint density at radius 1 is 1.38 bits per heavy atom. The van der Waals surface area contributed by atoms with Crippen LogP contribution < -0.4 is 4.74 Å². The number of methoxy groups -OCH3 is 1. The number of aromatic nitrogens is 3. The largest absolute Gasteiger partial charge is 0.492 e. The topological polar surface area (TPSA) is 109 Å². The highest BCUT2D eigenvalue weighted by molar-refractivity contribution is 5.84. The molecule has 0 atom stereocenters. The summed E-state index contributed by atoms with van der Waals surface area (Å²) >= 11 is 0. The van der Waals surface area contributed by atoms with Crippen LogP contribution in [0.1, 0.15) is 10.6 Å². The second kappa shape index (κ2) is 6.46.